The van der Waals surface area contributed by atoms with Crippen molar-refractivity contribution in [3.63, 3.8) is 0 Å². The highest BCUT2D eigenvalue weighted by molar-refractivity contribution is 5.85. The number of oxazole rings is 1. The molecule has 1 fully saturated rings. The summed E-state index contributed by atoms with van der Waals surface area (Å²) in [5.41, 5.74) is 9.09. The molecule has 5 nitrogen and oxygen atoms in total. The summed E-state index contributed by atoms with van der Waals surface area (Å²) in [5, 5.41) is 0. The van der Waals surface area contributed by atoms with E-state index in [0.717, 1.165) is 30.2 Å². The molecule has 1 unspecified atom stereocenters. The Morgan fingerprint density at radius 1 is 1.38 bits per heavy atom. The van der Waals surface area contributed by atoms with Gasteiger partial charge in [-0.05, 0) is 31.2 Å². The molecule has 0 aliphatic carbocycles. The zero-order valence-electron chi connectivity index (χ0n) is 12.5. The molecular weight excluding hydrogens is 266 g/mol. The summed E-state index contributed by atoms with van der Waals surface area (Å²) < 4.78 is 5.06. The van der Waals surface area contributed by atoms with Gasteiger partial charge >= 0.3 is 5.76 Å². The molecule has 21 heavy (non-hydrogen) atoms. The van der Waals surface area contributed by atoms with Crippen molar-refractivity contribution in [2.24, 2.45) is 5.92 Å². The maximum absolute atomic E-state index is 11.3. The van der Waals surface area contributed by atoms with Crippen LogP contribution in [0.5, 0.6) is 0 Å². The molecule has 0 saturated carbocycles. The SMILES string of the molecule is CCCC1CCCN(c2cc3[nH]c(=O)oc3cc2N)CC1. The second-order valence-corrected chi connectivity index (χ2v) is 5.99. The molecule has 1 aromatic carbocycles. The Labute approximate surface area is 124 Å². The maximum Gasteiger partial charge on any atom is 0.417 e. The van der Waals surface area contributed by atoms with Crippen LogP contribution < -0.4 is 16.4 Å². The Bertz CT molecular complexity index is 674. The van der Waals surface area contributed by atoms with Crippen molar-refractivity contribution in [2.45, 2.75) is 39.0 Å². The molecule has 1 atom stereocenters. The minimum absolute atomic E-state index is 0.430. The quantitative estimate of drug-likeness (QED) is 0.851. The van der Waals surface area contributed by atoms with Crippen LogP contribution in [0.2, 0.25) is 0 Å². The highest BCUT2D eigenvalue weighted by atomic mass is 16.4. The zero-order chi connectivity index (χ0) is 14.8. The molecule has 1 saturated heterocycles. The van der Waals surface area contributed by atoms with Crippen molar-refractivity contribution in [1.82, 2.24) is 4.98 Å². The van der Waals surface area contributed by atoms with Crippen LogP contribution in [-0.2, 0) is 0 Å². The fourth-order valence-electron chi connectivity index (χ4n) is 3.38. The Hall–Kier alpha value is -1.91. The smallest absolute Gasteiger partial charge is 0.408 e. The Kier molecular flexibility index (Phi) is 3.90. The summed E-state index contributed by atoms with van der Waals surface area (Å²) >= 11 is 0. The van der Waals surface area contributed by atoms with E-state index in [4.69, 9.17) is 10.2 Å². The van der Waals surface area contributed by atoms with Crippen molar-refractivity contribution < 1.29 is 4.42 Å². The lowest BCUT2D eigenvalue weighted by molar-refractivity contribution is 0.435. The van der Waals surface area contributed by atoms with E-state index in [2.05, 4.69) is 16.8 Å². The van der Waals surface area contributed by atoms with E-state index in [9.17, 15) is 4.79 Å². The van der Waals surface area contributed by atoms with Crippen LogP contribution in [0.15, 0.2) is 21.3 Å². The van der Waals surface area contributed by atoms with Crippen molar-refractivity contribution in [3.8, 4) is 0 Å². The van der Waals surface area contributed by atoms with Gasteiger partial charge in [0.1, 0.15) is 0 Å². The lowest BCUT2D eigenvalue weighted by Crippen LogP contribution is -2.25. The summed E-state index contributed by atoms with van der Waals surface area (Å²) in [6, 6.07) is 3.69. The number of fused-ring (bicyclic) bond motifs is 1. The number of nitrogens with two attached hydrogens (primary N) is 1. The summed E-state index contributed by atoms with van der Waals surface area (Å²) in [6.45, 7) is 4.31. The van der Waals surface area contributed by atoms with Crippen LogP contribution in [0.25, 0.3) is 11.1 Å². The molecule has 0 radical (unpaired) electrons. The van der Waals surface area contributed by atoms with Gasteiger partial charge in [0.15, 0.2) is 5.58 Å². The van der Waals surface area contributed by atoms with Crippen molar-refractivity contribution in [3.05, 3.63) is 22.7 Å². The molecule has 2 heterocycles. The number of rotatable bonds is 3. The van der Waals surface area contributed by atoms with Crippen molar-refractivity contribution in [2.75, 3.05) is 23.7 Å². The second kappa shape index (κ2) is 5.84. The number of benzene rings is 1. The van der Waals surface area contributed by atoms with Gasteiger partial charge in [-0.15, -0.1) is 0 Å². The van der Waals surface area contributed by atoms with Crippen LogP contribution in [0.1, 0.15) is 39.0 Å². The Balaban J connectivity index is 1.85. The van der Waals surface area contributed by atoms with Crippen LogP contribution in [0.4, 0.5) is 11.4 Å². The number of anilines is 2. The van der Waals surface area contributed by atoms with Crippen LogP contribution in [0.3, 0.4) is 0 Å². The van der Waals surface area contributed by atoms with E-state index in [-0.39, 0.29) is 0 Å². The first kappa shape index (κ1) is 14.0. The number of nitrogens with one attached hydrogen (secondary N) is 1. The molecule has 1 aromatic heterocycles. The lowest BCUT2D eigenvalue weighted by Gasteiger charge is -2.24. The Morgan fingerprint density at radius 2 is 2.24 bits per heavy atom. The van der Waals surface area contributed by atoms with Gasteiger partial charge in [-0.1, -0.05) is 19.8 Å². The molecule has 0 bridgehead atoms. The first-order valence-corrected chi connectivity index (χ1v) is 7.84. The van der Waals surface area contributed by atoms with E-state index in [0.29, 0.717) is 11.3 Å². The van der Waals surface area contributed by atoms with Crippen molar-refractivity contribution in [1.29, 1.82) is 0 Å². The van der Waals surface area contributed by atoms with Crippen LogP contribution in [-0.4, -0.2) is 18.1 Å². The third kappa shape index (κ3) is 2.91. The number of hydrogen-bond acceptors (Lipinski definition) is 4. The van der Waals surface area contributed by atoms with Gasteiger partial charge < -0.3 is 15.1 Å². The second-order valence-electron chi connectivity index (χ2n) is 5.99. The predicted molar refractivity (Wildman–Crippen MR) is 85.7 cm³/mol. The van der Waals surface area contributed by atoms with Crippen LogP contribution >= 0.6 is 0 Å². The van der Waals surface area contributed by atoms with Gasteiger partial charge in [-0.3, -0.25) is 4.98 Å². The molecule has 1 aliphatic heterocycles. The summed E-state index contributed by atoms with van der Waals surface area (Å²) in [6.07, 6.45) is 6.29. The molecule has 3 rings (SSSR count). The lowest BCUT2D eigenvalue weighted by atomic mass is 9.96. The molecule has 3 N–H and O–H groups in total. The number of aromatic nitrogens is 1. The fourth-order valence-corrected chi connectivity index (χ4v) is 3.38. The summed E-state index contributed by atoms with van der Waals surface area (Å²) in [5.74, 6) is 0.402. The molecule has 0 amide bonds. The number of nitrogen functional groups attached to an aromatic ring is 1. The van der Waals surface area contributed by atoms with E-state index in [1.54, 1.807) is 6.07 Å². The third-order valence-corrected chi connectivity index (χ3v) is 4.45. The van der Waals surface area contributed by atoms with Gasteiger partial charge in [0.05, 0.1) is 16.9 Å². The molecular formula is C16H23N3O2. The van der Waals surface area contributed by atoms with Gasteiger partial charge in [0.25, 0.3) is 0 Å². The monoisotopic (exact) mass is 289 g/mol. The van der Waals surface area contributed by atoms with Gasteiger partial charge in [0.2, 0.25) is 0 Å². The van der Waals surface area contributed by atoms with Gasteiger partial charge in [-0.2, -0.15) is 0 Å². The first-order chi connectivity index (χ1) is 10.2. The third-order valence-electron chi connectivity index (χ3n) is 4.45. The van der Waals surface area contributed by atoms with E-state index in [1.807, 2.05) is 6.07 Å². The average molecular weight is 289 g/mol. The standard InChI is InChI=1S/C16H23N3O2/c1-2-4-11-5-3-7-19(8-6-11)14-10-13-15(9-12(14)17)21-16(20)18-13/h9-11H,2-8,17H2,1H3,(H,18,20). The van der Waals surface area contributed by atoms with Gasteiger partial charge in [-0.25, -0.2) is 4.79 Å². The van der Waals surface area contributed by atoms with E-state index >= 15 is 0 Å². The average Bonchev–Trinajstić information content (AvgIpc) is 2.66. The maximum atomic E-state index is 11.3. The first-order valence-electron chi connectivity index (χ1n) is 7.84. The molecule has 2 aromatic rings. The molecule has 114 valence electrons. The van der Waals surface area contributed by atoms with E-state index in [1.165, 1.54) is 32.1 Å². The van der Waals surface area contributed by atoms with Crippen molar-refractivity contribution >= 4 is 22.5 Å². The number of hydrogen-bond donors (Lipinski definition) is 2. The van der Waals surface area contributed by atoms with Crippen LogP contribution in [0, 0.1) is 5.92 Å². The Morgan fingerprint density at radius 3 is 3.05 bits per heavy atom. The fraction of sp³-hybridized carbons (Fsp3) is 0.562. The minimum atomic E-state index is -0.430. The number of aromatic amines is 1. The summed E-state index contributed by atoms with van der Waals surface area (Å²) in [4.78, 5) is 16.3. The van der Waals surface area contributed by atoms with Gasteiger partial charge in [0, 0.05) is 19.2 Å². The zero-order valence-corrected chi connectivity index (χ0v) is 12.5. The highest BCUT2D eigenvalue weighted by Gasteiger charge is 2.19. The number of nitrogens with zero attached hydrogens (tertiary/aromatic N) is 1. The minimum Gasteiger partial charge on any atom is -0.408 e. The predicted octanol–water partition coefficient (Wildman–Crippen LogP) is 3.11. The molecule has 0 spiro atoms. The van der Waals surface area contributed by atoms with E-state index < -0.39 is 5.76 Å². The molecule has 1 aliphatic rings. The number of H-pyrrole nitrogens is 1. The highest BCUT2D eigenvalue weighted by Crippen LogP contribution is 2.31. The summed E-state index contributed by atoms with van der Waals surface area (Å²) in [7, 11) is 0. The topological polar surface area (TPSA) is 75.3 Å². The largest absolute Gasteiger partial charge is 0.417 e. The normalized spacial score (nSPS) is 19.9. The molecule has 5 heteroatoms.